The summed E-state index contributed by atoms with van der Waals surface area (Å²) < 4.78 is 5.53. The first-order chi connectivity index (χ1) is 13.6. The molecular formula is C23H30N2O3. The number of anilines is 1. The largest absolute Gasteiger partial charge is 0.478 e. The Kier molecular flexibility index (Phi) is 5.54. The molecule has 1 saturated carbocycles. The highest BCUT2D eigenvalue weighted by atomic mass is 16.5. The fourth-order valence-electron chi connectivity index (χ4n) is 5.30. The number of hydrogen-bond donors (Lipinski definition) is 2. The number of allylic oxidation sites excluding steroid dienone is 4. The second-order valence-corrected chi connectivity index (χ2v) is 8.68. The minimum atomic E-state index is -0.917. The van der Waals surface area contributed by atoms with Gasteiger partial charge in [0.05, 0.1) is 17.4 Å². The van der Waals surface area contributed by atoms with Crippen LogP contribution in [0.5, 0.6) is 0 Å². The summed E-state index contributed by atoms with van der Waals surface area (Å²) in [6, 6.07) is 1.55. The van der Waals surface area contributed by atoms with Gasteiger partial charge in [-0.25, -0.2) is 4.79 Å². The summed E-state index contributed by atoms with van der Waals surface area (Å²) in [5.41, 5.74) is 2.59. The number of carboxylic acids is 1. The van der Waals surface area contributed by atoms with Crippen LogP contribution in [0.25, 0.3) is 0 Å². The molecule has 2 aliphatic carbocycles. The van der Waals surface area contributed by atoms with Crippen molar-refractivity contribution in [2.45, 2.75) is 39.0 Å². The van der Waals surface area contributed by atoms with E-state index in [0.717, 1.165) is 32.6 Å². The molecule has 1 aromatic heterocycles. The van der Waals surface area contributed by atoms with Gasteiger partial charge in [0, 0.05) is 26.0 Å². The summed E-state index contributed by atoms with van der Waals surface area (Å²) in [7, 11) is 0. The number of fused-ring (bicyclic) bond motifs is 1. The van der Waals surface area contributed by atoms with Crippen molar-refractivity contribution < 1.29 is 14.6 Å². The van der Waals surface area contributed by atoms with E-state index in [1.54, 1.807) is 12.3 Å². The van der Waals surface area contributed by atoms with E-state index >= 15 is 0 Å². The Bertz CT molecular complexity index is 782. The average Bonchev–Trinajstić information content (AvgIpc) is 2.72. The molecule has 3 atom stereocenters. The van der Waals surface area contributed by atoms with Gasteiger partial charge in [-0.15, -0.1) is 0 Å². The molecule has 0 bridgehead atoms. The maximum Gasteiger partial charge on any atom is 0.337 e. The minimum absolute atomic E-state index is 0.192. The number of pyridine rings is 1. The van der Waals surface area contributed by atoms with Gasteiger partial charge in [-0.3, -0.25) is 4.98 Å². The third-order valence-corrected chi connectivity index (χ3v) is 6.85. The SMILES string of the molecule is CC12C=C(C3CCOCC3)C=CC1C(CNc1cnccc1C(=O)O)CCC2. The first-order valence-corrected chi connectivity index (χ1v) is 10.5. The summed E-state index contributed by atoms with van der Waals surface area (Å²) in [6.07, 6.45) is 16.3. The number of aromatic nitrogens is 1. The summed E-state index contributed by atoms with van der Waals surface area (Å²) in [6.45, 7) is 4.93. The third-order valence-electron chi connectivity index (χ3n) is 6.85. The maximum absolute atomic E-state index is 11.4. The lowest BCUT2D eigenvalue weighted by atomic mass is 9.59. The molecule has 2 N–H and O–H groups in total. The number of nitrogens with one attached hydrogen (secondary N) is 1. The van der Waals surface area contributed by atoms with Crippen LogP contribution in [0.1, 0.15) is 49.4 Å². The predicted molar refractivity (Wildman–Crippen MR) is 109 cm³/mol. The van der Waals surface area contributed by atoms with Crippen molar-refractivity contribution >= 4 is 11.7 Å². The van der Waals surface area contributed by atoms with Crippen molar-refractivity contribution in [3.63, 3.8) is 0 Å². The molecule has 1 aliphatic heterocycles. The number of hydrogen-bond acceptors (Lipinski definition) is 4. The maximum atomic E-state index is 11.4. The molecule has 2 heterocycles. The molecule has 1 saturated heterocycles. The van der Waals surface area contributed by atoms with Crippen molar-refractivity contribution in [3.8, 4) is 0 Å². The Labute approximate surface area is 166 Å². The molecule has 2 fully saturated rings. The number of carbonyl (C=O) groups is 1. The van der Waals surface area contributed by atoms with Crippen molar-refractivity contribution in [1.82, 2.24) is 4.98 Å². The molecule has 4 rings (SSSR count). The van der Waals surface area contributed by atoms with Crippen LogP contribution in [-0.2, 0) is 4.74 Å². The Morgan fingerprint density at radius 2 is 2.18 bits per heavy atom. The van der Waals surface area contributed by atoms with Crippen molar-refractivity contribution in [2.75, 3.05) is 25.1 Å². The van der Waals surface area contributed by atoms with Gasteiger partial charge in [0.25, 0.3) is 0 Å². The molecule has 0 radical (unpaired) electrons. The predicted octanol–water partition coefficient (Wildman–Crippen LogP) is 4.54. The highest BCUT2D eigenvalue weighted by molar-refractivity contribution is 5.93. The van der Waals surface area contributed by atoms with Gasteiger partial charge in [-0.2, -0.15) is 0 Å². The van der Waals surface area contributed by atoms with Crippen LogP contribution in [0.4, 0.5) is 5.69 Å². The van der Waals surface area contributed by atoms with Crippen molar-refractivity contribution in [3.05, 3.63) is 47.8 Å². The van der Waals surface area contributed by atoms with Crippen LogP contribution in [-0.4, -0.2) is 35.8 Å². The summed E-state index contributed by atoms with van der Waals surface area (Å²) >= 11 is 0. The molecule has 0 amide bonds. The summed E-state index contributed by atoms with van der Waals surface area (Å²) in [5, 5.41) is 12.8. The van der Waals surface area contributed by atoms with E-state index in [0.29, 0.717) is 23.4 Å². The first-order valence-electron chi connectivity index (χ1n) is 10.5. The van der Waals surface area contributed by atoms with E-state index < -0.39 is 5.97 Å². The van der Waals surface area contributed by atoms with Gasteiger partial charge in [-0.05, 0) is 60.5 Å². The highest BCUT2D eigenvalue weighted by Crippen LogP contribution is 2.50. The van der Waals surface area contributed by atoms with E-state index in [1.807, 2.05) is 0 Å². The Balaban J connectivity index is 1.47. The van der Waals surface area contributed by atoms with Crippen molar-refractivity contribution in [1.29, 1.82) is 0 Å². The fourth-order valence-corrected chi connectivity index (χ4v) is 5.30. The van der Waals surface area contributed by atoms with E-state index in [9.17, 15) is 9.90 Å². The second-order valence-electron chi connectivity index (χ2n) is 8.68. The highest BCUT2D eigenvalue weighted by Gasteiger charge is 2.41. The molecule has 0 aromatic carbocycles. The standard InChI is InChI=1S/C23H30N2O3/c1-23-9-2-3-18(14-25-21-15-24-10-6-19(21)22(26)27)20(23)5-4-17(13-23)16-7-11-28-12-8-16/h4-6,10,13,15-16,18,20,25H,2-3,7-9,11-12,14H2,1H3,(H,26,27). The Morgan fingerprint density at radius 3 is 2.96 bits per heavy atom. The lowest BCUT2D eigenvalue weighted by Crippen LogP contribution is -2.39. The molecule has 5 nitrogen and oxygen atoms in total. The topological polar surface area (TPSA) is 71.5 Å². The van der Waals surface area contributed by atoms with Gasteiger partial charge in [-0.1, -0.05) is 31.6 Å². The zero-order valence-corrected chi connectivity index (χ0v) is 16.6. The van der Waals surface area contributed by atoms with E-state index in [4.69, 9.17) is 4.74 Å². The Hall–Kier alpha value is -2.14. The number of rotatable bonds is 5. The van der Waals surface area contributed by atoms with Crippen LogP contribution >= 0.6 is 0 Å². The van der Waals surface area contributed by atoms with Crippen LogP contribution < -0.4 is 5.32 Å². The molecular weight excluding hydrogens is 352 g/mol. The lowest BCUT2D eigenvalue weighted by Gasteiger charge is -2.46. The molecule has 3 unspecified atom stereocenters. The van der Waals surface area contributed by atoms with Crippen LogP contribution in [0.2, 0.25) is 0 Å². The summed E-state index contributed by atoms with van der Waals surface area (Å²) in [4.78, 5) is 15.5. The number of nitrogens with zero attached hydrogens (tertiary/aromatic N) is 1. The quantitative estimate of drug-likeness (QED) is 0.782. The van der Waals surface area contributed by atoms with E-state index in [1.165, 1.54) is 31.0 Å². The Morgan fingerprint density at radius 1 is 1.36 bits per heavy atom. The number of carboxylic acid groups (broad SMARTS) is 1. The van der Waals surface area contributed by atoms with Gasteiger partial charge >= 0.3 is 5.97 Å². The fraction of sp³-hybridized carbons (Fsp3) is 0.565. The zero-order chi connectivity index (χ0) is 19.6. The smallest absolute Gasteiger partial charge is 0.337 e. The van der Waals surface area contributed by atoms with Gasteiger partial charge in [0.15, 0.2) is 0 Å². The molecule has 150 valence electrons. The zero-order valence-electron chi connectivity index (χ0n) is 16.6. The minimum Gasteiger partial charge on any atom is -0.478 e. The molecule has 0 spiro atoms. The van der Waals surface area contributed by atoms with Crippen LogP contribution in [0.3, 0.4) is 0 Å². The molecule has 1 aromatic rings. The molecule has 5 heteroatoms. The number of ether oxygens (including phenoxy) is 1. The lowest BCUT2D eigenvalue weighted by molar-refractivity contribution is 0.0697. The van der Waals surface area contributed by atoms with Crippen LogP contribution in [0, 0.1) is 23.2 Å². The molecule has 28 heavy (non-hydrogen) atoms. The van der Waals surface area contributed by atoms with Crippen molar-refractivity contribution in [2.24, 2.45) is 23.2 Å². The number of aromatic carboxylic acids is 1. The molecule has 3 aliphatic rings. The average molecular weight is 383 g/mol. The second kappa shape index (κ2) is 8.08. The third kappa shape index (κ3) is 3.86. The monoisotopic (exact) mass is 382 g/mol. The van der Waals surface area contributed by atoms with Gasteiger partial charge in [0.1, 0.15) is 0 Å². The van der Waals surface area contributed by atoms with Gasteiger partial charge < -0.3 is 15.2 Å². The van der Waals surface area contributed by atoms with E-state index in [2.05, 4.69) is 35.5 Å². The first kappa shape index (κ1) is 19.2. The van der Waals surface area contributed by atoms with Gasteiger partial charge in [0.2, 0.25) is 0 Å². The summed E-state index contributed by atoms with van der Waals surface area (Å²) in [5.74, 6) is 0.696. The van der Waals surface area contributed by atoms with E-state index in [-0.39, 0.29) is 11.0 Å². The van der Waals surface area contributed by atoms with Crippen LogP contribution in [0.15, 0.2) is 42.3 Å². The normalized spacial score (nSPS) is 30.4.